The lowest BCUT2D eigenvalue weighted by molar-refractivity contribution is -0.132. The summed E-state index contributed by atoms with van der Waals surface area (Å²) in [6, 6.07) is 0. The van der Waals surface area contributed by atoms with E-state index >= 15 is 0 Å². The van der Waals surface area contributed by atoms with Crippen molar-refractivity contribution in [1.29, 1.82) is 0 Å². The summed E-state index contributed by atoms with van der Waals surface area (Å²) < 4.78 is 10.4. The quantitative estimate of drug-likeness (QED) is 0.252. The van der Waals surface area contributed by atoms with Crippen LogP contribution >= 0.6 is 11.3 Å². The predicted molar refractivity (Wildman–Crippen MR) is 117 cm³/mol. The van der Waals surface area contributed by atoms with E-state index in [0.717, 1.165) is 24.3 Å². The normalized spacial score (nSPS) is 10.9. The Hall–Kier alpha value is -1.47. The van der Waals surface area contributed by atoms with Gasteiger partial charge < -0.3 is 14.4 Å². The predicted octanol–water partition coefficient (Wildman–Crippen LogP) is 5.22. The molecule has 7 heteroatoms. The van der Waals surface area contributed by atoms with Crippen LogP contribution < -0.4 is 0 Å². The molecular formula is C22H38N2O4S. The smallest absolute Gasteiger partial charge is 0.357 e. The number of esters is 1. The highest BCUT2D eigenvalue weighted by Gasteiger charge is 2.17. The molecule has 0 N–H and O–H groups in total. The van der Waals surface area contributed by atoms with E-state index in [4.69, 9.17) is 9.47 Å². The fraction of sp³-hybridized carbons (Fsp3) is 0.773. The Balaban J connectivity index is 2.51. The lowest BCUT2D eigenvalue weighted by Gasteiger charge is -2.22. The molecule has 0 aromatic carbocycles. The van der Waals surface area contributed by atoms with Crippen molar-refractivity contribution in [2.24, 2.45) is 0 Å². The number of ether oxygens (including phenoxy) is 2. The number of amides is 1. The molecule has 6 nitrogen and oxygen atoms in total. The van der Waals surface area contributed by atoms with Crippen LogP contribution in [0.1, 0.15) is 94.1 Å². The van der Waals surface area contributed by atoms with Gasteiger partial charge in [0.15, 0.2) is 5.69 Å². The van der Waals surface area contributed by atoms with Crippen molar-refractivity contribution in [2.75, 3.05) is 26.4 Å². The monoisotopic (exact) mass is 426 g/mol. The number of rotatable bonds is 17. The van der Waals surface area contributed by atoms with E-state index < -0.39 is 5.97 Å². The van der Waals surface area contributed by atoms with E-state index in [1.165, 1.54) is 43.4 Å². The van der Waals surface area contributed by atoms with E-state index in [0.29, 0.717) is 45.0 Å². The zero-order valence-electron chi connectivity index (χ0n) is 18.4. The van der Waals surface area contributed by atoms with Gasteiger partial charge >= 0.3 is 5.97 Å². The molecule has 1 aromatic heterocycles. The maximum Gasteiger partial charge on any atom is 0.357 e. The van der Waals surface area contributed by atoms with E-state index in [1.54, 1.807) is 12.3 Å². The molecule has 0 aliphatic rings. The summed E-state index contributed by atoms with van der Waals surface area (Å²) >= 11 is 1.40. The van der Waals surface area contributed by atoms with Gasteiger partial charge in [0.05, 0.1) is 13.2 Å². The maximum absolute atomic E-state index is 12.8. The summed E-state index contributed by atoms with van der Waals surface area (Å²) in [5.74, 6) is -0.254. The van der Waals surface area contributed by atoms with Crippen LogP contribution in [0.5, 0.6) is 0 Å². The molecule has 1 amide bonds. The van der Waals surface area contributed by atoms with Gasteiger partial charge in [0.1, 0.15) is 5.01 Å². The molecule has 0 unspecified atom stereocenters. The first-order chi connectivity index (χ1) is 14.1. The van der Waals surface area contributed by atoms with Crippen LogP contribution in [0.4, 0.5) is 0 Å². The summed E-state index contributed by atoms with van der Waals surface area (Å²) in [6.07, 6.45) is 9.71. The zero-order chi connectivity index (χ0) is 21.3. The van der Waals surface area contributed by atoms with Crippen LogP contribution in [0.3, 0.4) is 0 Å². The van der Waals surface area contributed by atoms with Gasteiger partial charge in [-0.05, 0) is 26.7 Å². The standard InChI is InChI=1S/C22H38N2O4S/c1-4-7-8-9-10-11-12-14-21(25)24(15-13-16-27-5-2)17-20-23-19(18-29-20)22(26)28-6-3/h18H,4-17H2,1-3H3. The Kier molecular flexibility index (Phi) is 14.4. The number of nitrogens with zero attached hydrogens (tertiary/aromatic N) is 2. The third-order valence-electron chi connectivity index (χ3n) is 4.63. The third kappa shape index (κ3) is 11.3. The fourth-order valence-corrected chi connectivity index (χ4v) is 3.81. The van der Waals surface area contributed by atoms with E-state index in [2.05, 4.69) is 11.9 Å². The second-order valence-electron chi connectivity index (χ2n) is 7.08. The van der Waals surface area contributed by atoms with E-state index in [9.17, 15) is 9.59 Å². The average molecular weight is 427 g/mol. The molecule has 29 heavy (non-hydrogen) atoms. The zero-order valence-corrected chi connectivity index (χ0v) is 19.2. The van der Waals surface area contributed by atoms with E-state index in [1.807, 2.05) is 11.8 Å². The minimum atomic E-state index is -0.410. The maximum atomic E-state index is 12.8. The van der Waals surface area contributed by atoms with Crippen LogP contribution in [0.15, 0.2) is 5.38 Å². The molecule has 0 saturated carbocycles. The molecule has 0 atom stereocenters. The highest BCUT2D eigenvalue weighted by molar-refractivity contribution is 7.09. The molecular weight excluding hydrogens is 388 g/mol. The summed E-state index contributed by atoms with van der Waals surface area (Å²) in [7, 11) is 0. The van der Waals surface area contributed by atoms with Crippen LogP contribution in [0.2, 0.25) is 0 Å². The first-order valence-electron chi connectivity index (χ1n) is 11.1. The van der Waals surface area contributed by atoms with Gasteiger partial charge in [0, 0.05) is 31.6 Å². The number of hydrogen-bond donors (Lipinski definition) is 0. The lowest BCUT2D eigenvalue weighted by Crippen LogP contribution is -2.32. The Morgan fingerprint density at radius 3 is 2.41 bits per heavy atom. The minimum absolute atomic E-state index is 0.156. The largest absolute Gasteiger partial charge is 0.461 e. The summed E-state index contributed by atoms with van der Waals surface area (Å²) in [6.45, 7) is 8.69. The number of thiazole rings is 1. The SMILES string of the molecule is CCCCCCCCCC(=O)N(CCCOCC)Cc1nc(C(=O)OCC)cs1. The van der Waals surface area contributed by atoms with Gasteiger partial charge in [-0.3, -0.25) is 4.79 Å². The van der Waals surface area contributed by atoms with Gasteiger partial charge in [-0.25, -0.2) is 9.78 Å². The first-order valence-corrected chi connectivity index (χ1v) is 12.0. The summed E-state index contributed by atoms with van der Waals surface area (Å²) in [5.41, 5.74) is 0.320. The van der Waals surface area contributed by atoms with Crippen molar-refractivity contribution >= 4 is 23.2 Å². The van der Waals surface area contributed by atoms with Gasteiger partial charge in [-0.1, -0.05) is 45.4 Å². The molecule has 0 aliphatic carbocycles. The lowest BCUT2D eigenvalue weighted by atomic mass is 10.1. The molecule has 1 heterocycles. The number of unbranched alkanes of at least 4 members (excludes halogenated alkanes) is 6. The Morgan fingerprint density at radius 1 is 1.00 bits per heavy atom. The van der Waals surface area contributed by atoms with Crippen molar-refractivity contribution in [2.45, 2.75) is 85.1 Å². The van der Waals surface area contributed by atoms with Crippen molar-refractivity contribution in [3.05, 3.63) is 16.1 Å². The molecule has 0 radical (unpaired) electrons. The molecule has 166 valence electrons. The van der Waals surface area contributed by atoms with Gasteiger partial charge in [-0.2, -0.15) is 0 Å². The number of carbonyl (C=O) groups excluding carboxylic acids is 2. The van der Waals surface area contributed by atoms with Crippen molar-refractivity contribution in [3.63, 3.8) is 0 Å². The molecule has 0 bridgehead atoms. The van der Waals surface area contributed by atoms with Crippen LogP contribution in [-0.4, -0.2) is 48.1 Å². The minimum Gasteiger partial charge on any atom is -0.461 e. The number of carbonyl (C=O) groups is 2. The second kappa shape index (κ2) is 16.3. The Labute approximate surface area is 180 Å². The molecule has 1 rings (SSSR count). The topological polar surface area (TPSA) is 68.7 Å². The molecule has 0 saturated heterocycles. The van der Waals surface area contributed by atoms with Crippen molar-refractivity contribution in [1.82, 2.24) is 9.88 Å². The number of hydrogen-bond acceptors (Lipinski definition) is 6. The average Bonchev–Trinajstić information content (AvgIpc) is 3.18. The molecule has 0 aliphatic heterocycles. The molecule has 0 spiro atoms. The fourth-order valence-electron chi connectivity index (χ4n) is 3.03. The Morgan fingerprint density at radius 2 is 1.72 bits per heavy atom. The van der Waals surface area contributed by atoms with Crippen molar-refractivity contribution < 1.29 is 19.1 Å². The first kappa shape index (κ1) is 25.6. The second-order valence-corrected chi connectivity index (χ2v) is 8.03. The third-order valence-corrected chi connectivity index (χ3v) is 5.46. The van der Waals surface area contributed by atoms with Crippen LogP contribution in [-0.2, 0) is 20.8 Å². The van der Waals surface area contributed by atoms with Crippen LogP contribution in [0, 0.1) is 0 Å². The highest BCUT2D eigenvalue weighted by atomic mass is 32.1. The summed E-state index contributed by atoms with van der Waals surface area (Å²) in [4.78, 5) is 30.8. The highest BCUT2D eigenvalue weighted by Crippen LogP contribution is 2.16. The molecule has 0 fully saturated rings. The summed E-state index contributed by atoms with van der Waals surface area (Å²) in [5, 5.41) is 2.46. The van der Waals surface area contributed by atoms with Gasteiger partial charge in [0.2, 0.25) is 5.91 Å². The van der Waals surface area contributed by atoms with Crippen LogP contribution in [0.25, 0.3) is 0 Å². The van der Waals surface area contributed by atoms with Crippen molar-refractivity contribution in [3.8, 4) is 0 Å². The molecule has 1 aromatic rings. The Bertz CT molecular complexity index is 577. The van der Waals surface area contributed by atoms with Gasteiger partial charge in [-0.15, -0.1) is 11.3 Å². The van der Waals surface area contributed by atoms with E-state index in [-0.39, 0.29) is 5.91 Å². The van der Waals surface area contributed by atoms with Gasteiger partial charge in [0.25, 0.3) is 0 Å². The number of aromatic nitrogens is 1.